The summed E-state index contributed by atoms with van der Waals surface area (Å²) in [5, 5.41) is 13.9. The van der Waals surface area contributed by atoms with Crippen LogP contribution >= 0.6 is 15.9 Å². The van der Waals surface area contributed by atoms with Crippen LogP contribution in [0.3, 0.4) is 0 Å². The lowest BCUT2D eigenvalue weighted by Gasteiger charge is -2.31. The summed E-state index contributed by atoms with van der Waals surface area (Å²) in [6, 6.07) is 23.0. The minimum Gasteiger partial charge on any atom is -0.496 e. The molecule has 7 nitrogen and oxygen atoms in total. The van der Waals surface area contributed by atoms with E-state index in [9.17, 15) is 19.5 Å². The molecule has 4 unspecified atom stereocenters. The molecule has 2 amide bonds. The molecule has 0 bridgehead atoms. The lowest BCUT2D eigenvalue weighted by atomic mass is 9.76. The maximum absolute atomic E-state index is 13.9. The van der Waals surface area contributed by atoms with E-state index < -0.39 is 35.3 Å². The first-order valence-corrected chi connectivity index (χ1v) is 12.4. The van der Waals surface area contributed by atoms with Crippen molar-refractivity contribution in [2.75, 3.05) is 7.11 Å². The van der Waals surface area contributed by atoms with Gasteiger partial charge < -0.3 is 9.84 Å². The Kier molecular flexibility index (Phi) is 6.40. The number of carboxylic acids is 1. The van der Waals surface area contributed by atoms with Gasteiger partial charge in [-0.1, -0.05) is 76.6 Å². The minimum absolute atomic E-state index is 0.0509. The SMILES string of the molecule is COc1ccc(Br)cc1C1NC(Cc2ccccc2)(C(=O)O)C2C(=O)N(Cc3ccccc3)C(=O)C12. The number of ether oxygens (including phenoxy) is 1. The smallest absolute Gasteiger partial charge is 0.325 e. The monoisotopic (exact) mass is 548 g/mol. The predicted octanol–water partition coefficient (Wildman–Crippen LogP) is 3.97. The summed E-state index contributed by atoms with van der Waals surface area (Å²) in [4.78, 5) is 41.9. The van der Waals surface area contributed by atoms with Crippen LogP contribution in [0, 0.1) is 11.8 Å². The van der Waals surface area contributed by atoms with E-state index in [0.29, 0.717) is 11.3 Å². The number of hydrogen-bond acceptors (Lipinski definition) is 5. The summed E-state index contributed by atoms with van der Waals surface area (Å²) in [5.74, 6) is -3.50. The lowest BCUT2D eigenvalue weighted by molar-refractivity contribution is -0.151. The number of nitrogens with one attached hydrogen (secondary N) is 1. The molecule has 5 rings (SSSR count). The molecule has 2 fully saturated rings. The molecule has 36 heavy (non-hydrogen) atoms. The molecule has 2 N–H and O–H groups in total. The van der Waals surface area contributed by atoms with E-state index >= 15 is 0 Å². The zero-order chi connectivity index (χ0) is 25.4. The number of aliphatic carboxylic acids is 1. The molecule has 2 aliphatic heterocycles. The maximum atomic E-state index is 13.9. The summed E-state index contributed by atoms with van der Waals surface area (Å²) >= 11 is 3.48. The summed E-state index contributed by atoms with van der Waals surface area (Å²) < 4.78 is 6.33. The number of hydrogen-bond donors (Lipinski definition) is 2. The summed E-state index contributed by atoms with van der Waals surface area (Å²) in [7, 11) is 1.52. The van der Waals surface area contributed by atoms with Crippen LogP contribution in [-0.4, -0.2) is 40.4 Å². The number of amides is 2. The van der Waals surface area contributed by atoms with E-state index in [1.807, 2.05) is 72.8 Å². The molecule has 0 spiro atoms. The van der Waals surface area contributed by atoms with Crippen LogP contribution in [0.1, 0.15) is 22.7 Å². The highest BCUT2D eigenvalue weighted by Gasteiger charge is 2.68. The van der Waals surface area contributed by atoms with Gasteiger partial charge in [-0.2, -0.15) is 0 Å². The van der Waals surface area contributed by atoms with Gasteiger partial charge in [-0.05, 0) is 29.3 Å². The Balaban J connectivity index is 1.64. The van der Waals surface area contributed by atoms with Gasteiger partial charge in [0.1, 0.15) is 11.3 Å². The number of benzene rings is 3. The van der Waals surface area contributed by atoms with Crippen molar-refractivity contribution in [3.8, 4) is 5.75 Å². The van der Waals surface area contributed by atoms with E-state index in [2.05, 4.69) is 21.2 Å². The zero-order valence-corrected chi connectivity index (χ0v) is 21.1. The van der Waals surface area contributed by atoms with Crippen LogP contribution in [0.15, 0.2) is 83.3 Å². The molecule has 2 heterocycles. The highest BCUT2D eigenvalue weighted by molar-refractivity contribution is 9.10. The first kappa shape index (κ1) is 24.2. The van der Waals surface area contributed by atoms with Gasteiger partial charge in [0.2, 0.25) is 11.8 Å². The molecule has 2 aliphatic rings. The predicted molar refractivity (Wildman–Crippen MR) is 136 cm³/mol. The average Bonchev–Trinajstić information content (AvgIpc) is 3.35. The molecule has 184 valence electrons. The summed E-state index contributed by atoms with van der Waals surface area (Å²) in [5.41, 5.74) is 0.505. The van der Waals surface area contributed by atoms with Crippen molar-refractivity contribution in [3.63, 3.8) is 0 Å². The maximum Gasteiger partial charge on any atom is 0.325 e. The van der Waals surface area contributed by atoms with Gasteiger partial charge in [-0.15, -0.1) is 0 Å². The number of likely N-dealkylation sites (tertiary alicyclic amines) is 1. The molecule has 4 atom stereocenters. The topological polar surface area (TPSA) is 95.9 Å². The molecule has 3 aromatic rings. The molecular formula is C28H25BrN2O5. The van der Waals surface area contributed by atoms with Crippen molar-refractivity contribution in [1.82, 2.24) is 10.2 Å². The van der Waals surface area contributed by atoms with Crippen LogP contribution in [0.25, 0.3) is 0 Å². The van der Waals surface area contributed by atoms with Crippen LogP contribution in [-0.2, 0) is 27.3 Å². The number of methoxy groups -OCH3 is 1. The second-order valence-corrected chi connectivity index (χ2v) is 10.1. The average molecular weight is 549 g/mol. The Morgan fingerprint density at radius 3 is 2.25 bits per heavy atom. The molecule has 8 heteroatoms. The van der Waals surface area contributed by atoms with Crippen LogP contribution < -0.4 is 10.1 Å². The fourth-order valence-corrected chi connectivity index (χ4v) is 5.93. The quantitative estimate of drug-likeness (QED) is 0.434. The first-order valence-electron chi connectivity index (χ1n) is 11.6. The fourth-order valence-electron chi connectivity index (χ4n) is 5.55. The number of halogens is 1. The van der Waals surface area contributed by atoms with Crippen molar-refractivity contribution in [2.45, 2.75) is 24.5 Å². The lowest BCUT2D eigenvalue weighted by Crippen LogP contribution is -2.57. The Morgan fingerprint density at radius 2 is 1.64 bits per heavy atom. The summed E-state index contributed by atoms with van der Waals surface area (Å²) in [6.07, 6.45) is 0.0509. The van der Waals surface area contributed by atoms with E-state index in [4.69, 9.17) is 4.74 Å². The number of carbonyl (C=O) groups is 3. The minimum atomic E-state index is -1.68. The number of imide groups is 1. The second kappa shape index (κ2) is 9.52. The van der Waals surface area contributed by atoms with Gasteiger partial charge in [-0.3, -0.25) is 24.6 Å². The van der Waals surface area contributed by atoms with Gasteiger partial charge >= 0.3 is 5.97 Å². The largest absolute Gasteiger partial charge is 0.496 e. The van der Waals surface area contributed by atoms with E-state index in [1.165, 1.54) is 12.0 Å². The molecular weight excluding hydrogens is 524 g/mol. The number of fused-ring (bicyclic) bond motifs is 1. The molecule has 0 aliphatic carbocycles. The highest BCUT2D eigenvalue weighted by atomic mass is 79.9. The van der Waals surface area contributed by atoms with E-state index in [1.54, 1.807) is 6.07 Å². The van der Waals surface area contributed by atoms with Gasteiger partial charge in [0.25, 0.3) is 0 Å². The van der Waals surface area contributed by atoms with Gasteiger partial charge in [0.15, 0.2) is 0 Å². The normalized spacial score (nSPS) is 25.2. The highest BCUT2D eigenvalue weighted by Crippen LogP contribution is 2.52. The van der Waals surface area contributed by atoms with Crippen molar-refractivity contribution < 1.29 is 24.2 Å². The van der Waals surface area contributed by atoms with Crippen molar-refractivity contribution in [1.29, 1.82) is 0 Å². The Labute approximate surface area is 217 Å². The third-order valence-corrected chi connectivity index (χ3v) is 7.66. The number of nitrogens with zero attached hydrogens (tertiary/aromatic N) is 1. The number of rotatable bonds is 7. The van der Waals surface area contributed by atoms with Crippen molar-refractivity contribution in [3.05, 3.63) is 100 Å². The molecule has 3 aromatic carbocycles. The van der Waals surface area contributed by atoms with Crippen LogP contribution in [0.2, 0.25) is 0 Å². The van der Waals surface area contributed by atoms with E-state index in [0.717, 1.165) is 15.6 Å². The van der Waals surface area contributed by atoms with Gasteiger partial charge in [-0.25, -0.2) is 0 Å². The van der Waals surface area contributed by atoms with Crippen molar-refractivity contribution >= 4 is 33.7 Å². The third-order valence-electron chi connectivity index (χ3n) is 7.16. The van der Waals surface area contributed by atoms with Gasteiger partial charge in [0, 0.05) is 22.5 Å². The standard InChI is InChI=1S/C28H25BrN2O5/c1-36-21-13-12-19(29)14-20(21)24-22-23(26(33)31(25(22)32)16-18-10-6-3-7-11-18)28(30-24,27(34)35)15-17-8-4-2-5-9-17/h2-14,22-24,30H,15-16H2,1H3,(H,34,35). The molecule has 0 saturated carbocycles. The van der Waals surface area contributed by atoms with Crippen LogP contribution in [0.5, 0.6) is 5.75 Å². The fraction of sp³-hybridized carbons (Fsp3) is 0.250. The number of carbonyl (C=O) groups excluding carboxylic acids is 2. The Bertz CT molecular complexity index is 1320. The molecule has 2 saturated heterocycles. The summed E-state index contributed by atoms with van der Waals surface area (Å²) in [6.45, 7) is 0.0921. The number of carboxylic acid groups (broad SMARTS) is 1. The second-order valence-electron chi connectivity index (χ2n) is 9.20. The first-order chi connectivity index (χ1) is 17.4. The molecule has 0 radical (unpaired) electrons. The zero-order valence-electron chi connectivity index (χ0n) is 19.6. The third kappa shape index (κ3) is 4.00. The van der Waals surface area contributed by atoms with Crippen molar-refractivity contribution in [2.24, 2.45) is 11.8 Å². The Hall–Kier alpha value is -3.49. The van der Waals surface area contributed by atoms with Gasteiger partial charge in [0.05, 0.1) is 25.5 Å². The molecule has 0 aromatic heterocycles. The Morgan fingerprint density at radius 1 is 1.00 bits per heavy atom. The van der Waals surface area contributed by atoms with E-state index in [-0.39, 0.29) is 18.9 Å². The van der Waals surface area contributed by atoms with Crippen LogP contribution in [0.4, 0.5) is 0 Å².